The molecule has 0 radical (unpaired) electrons. The second kappa shape index (κ2) is 13.2. The summed E-state index contributed by atoms with van der Waals surface area (Å²) in [6.07, 6.45) is 2.26. The molecule has 0 unspecified atom stereocenters. The van der Waals surface area contributed by atoms with Crippen LogP contribution in [-0.4, -0.2) is 62.8 Å². The summed E-state index contributed by atoms with van der Waals surface area (Å²) in [6, 6.07) is 13.2. The number of likely N-dealkylation sites (tertiary alicyclic amines) is 1. The minimum atomic E-state index is -0.385. The molecule has 9 heteroatoms. The van der Waals surface area contributed by atoms with Crippen molar-refractivity contribution in [3.8, 4) is 5.75 Å². The van der Waals surface area contributed by atoms with E-state index in [0.717, 1.165) is 38.9 Å². The van der Waals surface area contributed by atoms with Gasteiger partial charge in [0.2, 0.25) is 0 Å². The topological polar surface area (TPSA) is 106 Å². The molecule has 8 nitrogen and oxygen atoms in total. The largest absolute Gasteiger partial charge is 0.496 e. The Kier molecular flexibility index (Phi) is 10.0. The molecule has 2 aromatic rings. The molecule has 1 saturated heterocycles. The van der Waals surface area contributed by atoms with Gasteiger partial charge in [0.15, 0.2) is 0 Å². The van der Waals surface area contributed by atoms with Gasteiger partial charge in [-0.15, -0.1) is 0 Å². The van der Waals surface area contributed by atoms with Crippen molar-refractivity contribution in [2.75, 3.05) is 45.6 Å². The van der Waals surface area contributed by atoms with Gasteiger partial charge in [-0.1, -0.05) is 41.9 Å². The monoisotopic (exact) mass is 502 g/mol. The molecule has 190 valence electrons. The Hall–Kier alpha value is -2.97. The summed E-state index contributed by atoms with van der Waals surface area (Å²) < 4.78 is 10.4. The molecule has 1 heterocycles. The molecule has 0 spiro atoms. The highest BCUT2D eigenvalue weighted by atomic mass is 35.5. The molecule has 0 bridgehead atoms. The van der Waals surface area contributed by atoms with E-state index in [0.29, 0.717) is 41.1 Å². The Bertz CT molecular complexity index is 981. The quantitative estimate of drug-likeness (QED) is 0.427. The third-order valence-corrected chi connectivity index (χ3v) is 6.55. The highest BCUT2D eigenvalue weighted by Crippen LogP contribution is 2.29. The minimum Gasteiger partial charge on any atom is -0.496 e. The predicted octanol–water partition coefficient (Wildman–Crippen LogP) is 3.73. The zero-order chi connectivity index (χ0) is 25.2. The first-order chi connectivity index (χ1) is 16.9. The lowest BCUT2D eigenvalue weighted by atomic mass is 9.95. The number of nitrogens with one attached hydrogen (secondary N) is 2. The molecule has 4 N–H and O–H groups in total. The number of carbonyl (C=O) groups excluding carboxylic acids is 2. The number of piperidine rings is 1. The molecular weight excluding hydrogens is 468 g/mol. The van der Waals surface area contributed by atoms with Crippen LogP contribution < -0.4 is 21.1 Å². The van der Waals surface area contributed by atoms with Crippen molar-refractivity contribution in [3.63, 3.8) is 0 Å². The first kappa shape index (κ1) is 26.6. The van der Waals surface area contributed by atoms with Crippen molar-refractivity contribution in [2.45, 2.75) is 32.2 Å². The molecule has 2 aromatic carbocycles. The summed E-state index contributed by atoms with van der Waals surface area (Å²) in [5.41, 5.74) is 7.72. The maximum absolute atomic E-state index is 12.7. The molecule has 3 rings (SSSR count). The van der Waals surface area contributed by atoms with Crippen LogP contribution in [0.15, 0.2) is 42.5 Å². The van der Waals surface area contributed by atoms with Crippen molar-refractivity contribution in [1.29, 1.82) is 0 Å². The Morgan fingerprint density at radius 3 is 2.57 bits per heavy atom. The van der Waals surface area contributed by atoms with Gasteiger partial charge < -0.3 is 30.7 Å². The summed E-state index contributed by atoms with van der Waals surface area (Å²) in [5, 5.41) is 6.34. The van der Waals surface area contributed by atoms with Gasteiger partial charge in [0.1, 0.15) is 5.75 Å². The number of rotatable bonds is 10. The van der Waals surface area contributed by atoms with Crippen molar-refractivity contribution >= 4 is 29.3 Å². The maximum Gasteiger partial charge on any atom is 0.407 e. The maximum atomic E-state index is 12.7. The number of benzene rings is 2. The van der Waals surface area contributed by atoms with Crippen molar-refractivity contribution in [1.82, 2.24) is 15.5 Å². The van der Waals surface area contributed by atoms with Crippen LogP contribution >= 0.6 is 11.6 Å². The molecule has 35 heavy (non-hydrogen) atoms. The summed E-state index contributed by atoms with van der Waals surface area (Å²) in [7, 11) is 1.50. The molecule has 0 saturated carbocycles. The Morgan fingerprint density at radius 1 is 1.20 bits per heavy atom. The third-order valence-electron chi connectivity index (χ3n) is 6.22. The van der Waals surface area contributed by atoms with Gasteiger partial charge in [-0.05, 0) is 56.8 Å². The lowest BCUT2D eigenvalue weighted by molar-refractivity contribution is 0.0931. The molecule has 1 aliphatic heterocycles. The number of nitrogens with zero attached hydrogens (tertiary/aromatic N) is 1. The van der Waals surface area contributed by atoms with Crippen LogP contribution in [0.5, 0.6) is 5.75 Å². The molecule has 0 aliphatic carbocycles. The fraction of sp³-hybridized carbons (Fsp3) is 0.462. The normalized spacial score (nSPS) is 15.3. The van der Waals surface area contributed by atoms with Gasteiger partial charge in [0.05, 0.1) is 30.0 Å². The van der Waals surface area contributed by atoms with Crippen LogP contribution in [0.25, 0.3) is 0 Å². The number of nitrogen functional groups attached to an aromatic ring is 1. The fourth-order valence-electron chi connectivity index (χ4n) is 4.33. The number of ether oxygens (including phenoxy) is 2. The molecule has 0 aromatic heterocycles. The minimum absolute atomic E-state index is 0.0459. The number of anilines is 1. The third kappa shape index (κ3) is 8.04. The number of methoxy groups -OCH3 is 1. The molecule has 1 atom stereocenters. The van der Waals surface area contributed by atoms with Gasteiger partial charge in [0, 0.05) is 25.2 Å². The highest BCUT2D eigenvalue weighted by molar-refractivity contribution is 6.33. The SMILES string of the molecule is CCOC(=O)N[C@@H](Cc1ccccc1)CN1CCC(CNC(=O)c2cc(Cl)c(N)cc2OC)CC1. The van der Waals surface area contributed by atoms with E-state index in [-0.39, 0.29) is 18.0 Å². The summed E-state index contributed by atoms with van der Waals surface area (Å²) >= 11 is 6.09. The number of hydrogen-bond acceptors (Lipinski definition) is 6. The van der Waals surface area contributed by atoms with E-state index in [2.05, 4.69) is 27.7 Å². The van der Waals surface area contributed by atoms with Crippen LogP contribution in [0.1, 0.15) is 35.7 Å². The van der Waals surface area contributed by atoms with Crippen LogP contribution in [0, 0.1) is 5.92 Å². The van der Waals surface area contributed by atoms with Crippen LogP contribution in [0.2, 0.25) is 5.02 Å². The molecule has 2 amide bonds. The Morgan fingerprint density at radius 2 is 1.91 bits per heavy atom. The second-order valence-corrected chi connectivity index (χ2v) is 9.19. The van der Waals surface area contributed by atoms with Crippen LogP contribution in [0.4, 0.5) is 10.5 Å². The average Bonchev–Trinajstić information content (AvgIpc) is 2.85. The van der Waals surface area contributed by atoms with E-state index in [1.807, 2.05) is 18.2 Å². The molecule has 1 fully saturated rings. The van der Waals surface area contributed by atoms with E-state index < -0.39 is 0 Å². The van der Waals surface area contributed by atoms with Crippen molar-refractivity contribution < 1.29 is 19.1 Å². The number of nitrogens with two attached hydrogens (primary N) is 1. The van der Waals surface area contributed by atoms with E-state index >= 15 is 0 Å². The van der Waals surface area contributed by atoms with E-state index in [4.69, 9.17) is 26.8 Å². The zero-order valence-corrected chi connectivity index (χ0v) is 21.1. The summed E-state index contributed by atoms with van der Waals surface area (Å²) in [5.74, 6) is 0.543. The van der Waals surface area contributed by atoms with Crippen LogP contribution in [-0.2, 0) is 11.2 Å². The van der Waals surface area contributed by atoms with Crippen molar-refractivity contribution in [2.24, 2.45) is 5.92 Å². The first-order valence-corrected chi connectivity index (χ1v) is 12.4. The van der Waals surface area contributed by atoms with Gasteiger partial charge in [-0.2, -0.15) is 0 Å². The summed E-state index contributed by atoms with van der Waals surface area (Å²) in [4.78, 5) is 27.2. The zero-order valence-electron chi connectivity index (χ0n) is 20.4. The summed E-state index contributed by atoms with van der Waals surface area (Å²) in [6.45, 7) is 5.25. The number of amides is 2. The number of halogens is 1. The van der Waals surface area contributed by atoms with Gasteiger partial charge >= 0.3 is 6.09 Å². The molecule has 1 aliphatic rings. The van der Waals surface area contributed by atoms with Gasteiger partial charge in [0.25, 0.3) is 5.91 Å². The smallest absolute Gasteiger partial charge is 0.407 e. The highest BCUT2D eigenvalue weighted by Gasteiger charge is 2.24. The van der Waals surface area contributed by atoms with Crippen LogP contribution in [0.3, 0.4) is 0 Å². The van der Waals surface area contributed by atoms with E-state index in [1.165, 1.54) is 18.7 Å². The first-order valence-electron chi connectivity index (χ1n) is 12.0. The number of hydrogen-bond donors (Lipinski definition) is 3. The van der Waals surface area contributed by atoms with Gasteiger partial charge in [-0.25, -0.2) is 4.79 Å². The second-order valence-electron chi connectivity index (χ2n) is 8.78. The van der Waals surface area contributed by atoms with E-state index in [1.54, 1.807) is 13.0 Å². The van der Waals surface area contributed by atoms with E-state index in [9.17, 15) is 9.59 Å². The molecular formula is C26H35ClN4O4. The predicted molar refractivity (Wildman–Crippen MR) is 138 cm³/mol. The lowest BCUT2D eigenvalue weighted by Gasteiger charge is -2.34. The standard InChI is InChI=1S/C26H35ClN4O4/c1-3-35-26(33)30-20(13-18-7-5-4-6-8-18)17-31-11-9-19(10-12-31)16-29-25(32)21-14-22(27)23(28)15-24(21)34-2/h4-8,14-15,19-20H,3,9-13,16-17,28H2,1-2H3,(H,29,32)(H,30,33)/t20-/m0/s1. The van der Waals surface area contributed by atoms with Gasteiger partial charge in [-0.3, -0.25) is 4.79 Å². The Balaban J connectivity index is 1.50. The lowest BCUT2D eigenvalue weighted by Crippen LogP contribution is -2.48. The number of carbonyl (C=O) groups is 2. The Labute approximate surface area is 212 Å². The fourth-order valence-corrected chi connectivity index (χ4v) is 4.50. The average molecular weight is 503 g/mol. The van der Waals surface area contributed by atoms with Crippen molar-refractivity contribution in [3.05, 3.63) is 58.6 Å². The number of alkyl carbamates (subject to hydrolysis) is 1.